The number of hydrogen-bond donors (Lipinski definition) is 5. The van der Waals surface area contributed by atoms with E-state index < -0.39 is 76.1 Å². The van der Waals surface area contributed by atoms with Crippen molar-refractivity contribution in [2.45, 2.75) is 199 Å². The number of amides is 2. The lowest BCUT2D eigenvalue weighted by Gasteiger charge is -2.29. The quantitative estimate of drug-likeness (QED) is 0.0200. The van der Waals surface area contributed by atoms with Crippen molar-refractivity contribution in [3.63, 3.8) is 0 Å². The normalized spacial score (nSPS) is 13.0. The Kier molecular flexibility index (Phi) is 31.0. The van der Waals surface area contributed by atoms with Crippen LogP contribution in [0.15, 0.2) is 30.5 Å². The molecule has 0 radical (unpaired) electrons. The Balaban J connectivity index is 1.61. The number of carboxylic acids is 1. The zero-order valence-corrected chi connectivity index (χ0v) is 45.7. The minimum atomic E-state index is -4.96. The molecule has 0 bridgehead atoms. The standard InChI is InChI=1S/C53H86N9O12P/c1-4-6-8-10-12-14-16-18-20-22-24-26-46(64)71-38-43(74-47(65)27-25-23-21-19-17-15-13-11-9-7-5-2)39-73-75(69,70)72-35-34-62(44(52(67)68)32-33-45(54)63)51(66)40-28-30-42(31-29-40)61(3)37-41-36-57-50-48(58-41)49(55)59-53(56)60-50/h28-31,36,43-44H,4-27,32-35,37-39H2,1-3H3,(H2,54,63)(H,67,68)(H,69,70)(H4,55,56,57,59,60)/t43?,44-/m0/s1. The number of fused-ring (bicyclic) bond motifs is 1. The Morgan fingerprint density at radius 3 is 1.76 bits per heavy atom. The fourth-order valence-electron chi connectivity index (χ4n) is 8.46. The van der Waals surface area contributed by atoms with Crippen molar-refractivity contribution in [1.82, 2.24) is 24.8 Å². The fourth-order valence-corrected chi connectivity index (χ4v) is 9.20. The average molecular weight is 1070 g/mol. The summed E-state index contributed by atoms with van der Waals surface area (Å²) in [6.45, 7) is 2.36. The molecule has 2 heterocycles. The van der Waals surface area contributed by atoms with Gasteiger partial charge >= 0.3 is 25.7 Å². The molecule has 0 aliphatic rings. The molecule has 0 spiro atoms. The molecule has 420 valence electrons. The number of unbranched alkanes of at least 4 members (excludes halogenated alkanes) is 20. The lowest BCUT2D eigenvalue weighted by molar-refractivity contribution is -0.161. The number of carbonyl (C=O) groups excluding carboxylic acids is 4. The third kappa shape index (κ3) is 26.7. The minimum Gasteiger partial charge on any atom is -0.480 e. The van der Waals surface area contributed by atoms with Crippen LogP contribution in [0.25, 0.3) is 11.2 Å². The smallest absolute Gasteiger partial charge is 0.472 e. The maximum absolute atomic E-state index is 14.0. The molecule has 0 saturated carbocycles. The van der Waals surface area contributed by atoms with Crippen molar-refractivity contribution >= 4 is 66.2 Å². The summed E-state index contributed by atoms with van der Waals surface area (Å²) in [6, 6.07) is 4.61. The second kappa shape index (κ2) is 36.5. The predicted molar refractivity (Wildman–Crippen MR) is 288 cm³/mol. The Bertz CT molecular complexity index is 2220. The summed E-state index contributed by atoms with van der Waals surface area (Å²) in [7, 11) is -3.19. The Labute approximate surface area is 443 Å². The molecule has 0 aliphatic heterocycles. The number of carbonyl (C=O) groups is 5. The number of aromatic nitrogens is 4. The number of nitrogens with two attached hydrogens (primary N) is 3. The second-order valence-electron chi connectivity index (χ2n) is 19.2. The molecule has 3 atom stereocenters. The number of esters is 2. The van der Waals surface area contributed by atoms with Crippen LogP contribution in [-0.4, -0.2) is 110 Å². The second-order valence-corrected chi connectivity index (χ2v) is 20.7. The molecule has 21 nitrogen and oxygen atoms in total. The molecule has 0 fully saturated rings. The summed E-state index contributed by atoms with van der Waals surface area (Å²) in [5.74, 6) is -4.07. The number of primary amides is 1. The Morgan fingerprint density at radius 1 is 0.693 bits per heavy atom. The maximum atomic E-state index is 14.0. The van der Waals surface area contributed by atoms with Gasteiger partial charge in [0.25, 0.3) is 5.91 Å². The molecule has 8 N–H and O–H groups in total. The number of carboxylic acid groups (broad SMARTS) is 1. The van der Waals surface area contributed by atoms with Gasteiger partial charge in [-0.2, -0.15) is 9.97 Å². The van der Waals surface area contributed by atoms with Crippen molar-refractivity contribution in [3.8, 4) is 0 Å². The van der Waals surface area contributed by atoms with Gasteiger partial charge in [-0.3, -0.25) is 28.2 Å². The largest absolute Gasteiger partial charge is 0.480 e. The van der Waals surface area contributed by atoms with Crippen molar-refractivity contribution in [2.24, 2.45) is 5.73 Å². The van der Waals surface area contributed by atoms with E-state index in [4.69, 9.17) is 35.7 Å². The number of nitrogens with zero attached hydrogens (tertiary/aromatic N) is 6. The molecule has 1 aromatic carbocycles. The van der Waals surface area contributed by atoms with Gasteiger partial charge in [-0.1, -0.05) is 142 Å². The molecular weight excluding hydrogens is 986 g/mol. The molecule has 3 aromatic rings. The van der Waals surface area contributed by atoms with Crippen LogP contribution in [0.1, 0.15) is 197 Å². The fraction of sp³-hybridized carbons (Fsp3) is 0.679. The van der Waals surface area contributed by atoms with Crippen LogP contribution in [0.2, 0.25) is 0 Å². The van der Waals surface area contributed by atoms with E-state index in [1.165, 1.54) is 102 Å². The average Bonchev–Trinajstić information content (AvgIpc) is 3.37. The van der Waals surface area contributed by atoms with Gasteiger partial charge in [0.2, 0.25) is 11.9 Å². The highest BCUT2D eigenvalue weighted by atomic mass is 31.2. The lowest BCUT2D eigenvalue weighted by atomic mass is 10.1. The van der Waals surface area contributed by atoms with E-state index >= 15 is 0 Å². The first-order chi connectivity index (χ1) is 36.0. The third-order valence-electron chi connectivity index (χ3n) is 12.7. The Hall–Kier alpha value is -5.50. The number of hydrogen-bond acceptors (Lipinski definition) is 17. The first-order valence-corrected chi connectivity index (χ1v) is 28.7. The minimum absolute atomic E-state index is 0.0317. The zero-order chi connectivity index (χ0) is 54.9. The van der Waals surface area contributed by atoms with Gasteiger partial charge in [0, 0.05) is 44.1 Å². The van der Waals surface area contributed by atoms with Gasteiger partial charge in [0.05, 0.1) is 31.6 Å². The number of rotatable bonds is 43. The molecule has 0 saturated heterocycles. The van der Waals surface area contributed by atoms with Gasteiger partial charge in [-0.25, -0.2) is 19.3 Å². The van der Waals surface area contributed by atoms with E-state index in [2.05, 4.69) is 33.8 Å². The van der Waals surface area contributed by atoms with Gasteiger partial charge in [0.15, 0.2) is 23.1 Å². The first-order valence-electron chi connectivity index (χ1n) is 27.2. The van der Waals surface area contributed by atoms with Crippen LogP contribution >= 0.6 is 7.82 Å². The van der Waals surface area contributed by atoms with Gasteiger partial charge in [-0.05, 0) is 43.5 Å². The van der Waals surface area contributed by atoms with E-state index in [-0.39, 0.29) is 60.7 Å². The highest BCUT2D eigenvalue weighted by molar-refractivity contribution is 7.47. The number of nitrogen functional groups attached to an aromatic ring is 2. The van der Waals surface area contributed by atoms with E-state index in [1.807, 2.05) is 4.90 Å². The molecule has 2 unspecified atom stereocenters. The number of anilines is 3. The highest BCUT2D eigenvalue weighted by Crippen LogP contribution is 2.43. The SMILES string of the molecule is CCCCCCCCCCCCCC(=O)OCC(COP(=O)(O)OCCN(C(=O)c1ccc(N(C)Cc2cnc3nc(N)nc(N)c3n2)cc1)[C@@H](CCC(N)=O)C(=O)O)OC(=O)CCCCCCCCCCCCC. The van der Waals surface area contributed by atoms with Crippen LogP contribution in [0, 0.1) is 0 Å². The summed E-state index contributed by atoms with van der Waals surface area (Å²) in [5.41, 5.74) is 18.7. The van der Waals surface area contributed by atoms with E-state index in [0.717, 1.165) is 49.8 Å². The monoisotopic (exact) mass is 1070 g/mol. The number of phosphoric ester groups is 1. The van der Waals surface area contributed by atoms with E-state index in [0.29, 0.717) is 24.2 Å². The van der Waals surface area contributed by atoms with Crippen molar-refractivity contribution in [3.05, 3.63) is 41.7 Å². The lowest BCUT2D eigenvalue weighted by Crippen LogP contribution is -2.47. The topological polar surface area (TPSA) is 316 Å². The summed E-state index contributed by atoms with van der Waals surface area (Å²) in [6.07, 6.45) is 24.2. The van der Waals surface area contributed by atoms with Crippen LogP contribution in [0.5, 0.6) is 0 Å². The highest BCUT2D eigenvalue weighted by Gasteiger charge is 2.33. The van der Waals surface area contributed by atoms with E-state index in [9.17, 15) is 38.5 Å². The number of benzene rings is 1. The molecule has 2 aromatic heterocycles. The van der Waals surface area contributed by atoms with Gasteiger partial charge in [-0.15, -0.1) is 0 Å². The van der Waals surface area contributed by atoms with Crippen LogP contribution in [0.3, 0.4) is 0 Å². The number of phosphoric acid groups is 1. The van der Waals surface area contributed by atoms with Crippen LogP contribution < -0.4 is 22.1 Å². The van der Waals surface area contributed by atoms with Crippen molar-refractivity contribution in [1.29, 1.82) is 0 Å². The molecule has 22 heteroatoms. The molecule has 75 heavy (non-hydrogen) atoms. The summed E-state index contributed by atoms with van der Waals surface area (Å²) < 4.78 is 34.8. The van der Waals surface area contributed by atoms with Crippen molar-refractivity contribution < 1.29 is 57.1 Å². The Morgan fingerprint density at radius 2 is 1.23 bits per heavy atom. The van der Waals surface area contributed by atoms with Gasteiger partial charge < -0.3 is 46.5 Å². The molecular formula is C53H86N9O12P. The summed E-state index contributed by atoms with van der Waals surface area (Å²) in [5, 5.41) is 10.2. The van der Waals surface area contributed by atoms with Crippen LogP contribution in [-0.2, 0) is 48.8 Å². The van der Waals surface area contributed by atoms with E-state index in [1.54, 1.807) is 19.2 Å². The van der Waals surface area contributed by atoms with Crippen molar-refractivity contribution in [2.75, 3.05) is 49.8 Å². The third-order valence-corrected chi connectivity index (χ3v) is 13.7. The molecule has 2 amide bonds. The molecule has 3 rings (SSSR count). The first kappa shape index (κ1) is 63.8. The number of aliphatic carboxylic acids is 1. The maximum Gasteiger partial charge on any atom is 0.472 e. The summed E-state index contributed by atoms with van der Waals surface area (Å²) in [4.78, 5) is 94.3. The summed E-state index contributed by atoms with van der Waals surface area (Å²) >= 11 is 0. The zero-order valence-electron chi connectivity index (χ0n) is 44.8. The number of ether oxygens (including phenoxy) is 2. The van der Waals surface area contributed by atoms with Gasteiger partial charge in [0.1, 0.15) is 12.6 Å². The predicted octanol–water partition coefficient (Wildman–Crippen LogP) is 9.37. The molecule has 0 aliphatic carbocycles. The van der Waals surface area contributed by atoms with Crippen LogP contribution in [0.4, 0.5) is 17.5 Å².